The average Bonchev–Trinajstić information content (AvgIpc) is 3.28. The van der Waals surface area contributed by atoms with Crippen LogP contribution in [-0.2, 0) is 4.79 Å². The number of hydrogen-bond acceptors (Lipinski definition) is 7. The van der Waals surface area contributed by atoms with Gasteiger partial charge in [-0.25, -0.2) is 4.98 Å². The van der Waals surface area contributed by atoms with E-state index in [1.54, 1.807) is 36.0 Å². The summed E-state index contributed by atoms with van der Waals surface area (Å²) in [5, 5.41) is 6.17. The number of thioether (sulfide) groups is 1. The van der Waals surface area contributed by atoms with Crippen molar-refractivity contribution in [1.29, 1.82) is 0 Å². The molecule has 180 valence electrons. The largest absolute Gasteiger partial charge is 0.496 e. The first-order chi connectivity index (χ1) is 17.1. The van der Waals surface area contributed by atoms with Crippen molar-refractivity contribution >= 4 is 50.3 Å². The smallest absolute Gasteiger partial charge is 0.255 e. The standard InChI is InChI=1S/C26H25N3O4S2/c1-32-22-11-7-6-10-19(22)24(30)27-21(14-15-34-2)25(31)29-26-28-20-13-12-18(16-23(20)35-26)33-17-8-4-3-5-9-17/h3-13,16,21H,14-15H2,1-2H3,(H,27,30)(H,28,29,31). The minimum absolute atomic E-state index is 0.317. The number of carbonyl (C=O) groups excluding carboxylic acids is 2. The van der Waals surface area contributed by atoms with Crippen LogP contribution in [0.5, 0.6) is 17.2 Å². The Morgan fingerprint density at radius 3 is 2.57 bits per heavy atom. The fourth-order valence-electron chi connectivity index (χ4n) is 3.41. The molecule has 0 aliphatic heterocycles. The molecule has 1 atom stereocenters. The Morgan fingerprint density at radius 2 is 1.80 bits per heavy atom. The second kappa shape index (κ2) is 11.7. The van der Waals surface area contributed by atoms with Gasteiger partial charge in [0.25, 0.3) is 5.91 Å². The summed E-state index contributed by atoms with van der Waals surface area (Å²) in [5.74, 6) is 1.91. The molecule has 7 nitrogen and oxygen atoms in total. The van der Waals surface area contributed by atoms with E-state index in [0.717, 1.165) is 16.0 Å². The summed E-state index contributed by atoms with van der Waals surface area (Å²) in [7, 11) is 1.51. The molecule has 2 N–H and O–H groups in total. The molecule has 0 bridgehead atoms. The third kappa shape index (κ3) is 6.32. The summed E-state index contributed by atoms with van der Waals surface area (Å²) in [4.78, 5) is 30.5. The molecular weight excluding hydrogens is 482 g/mol. The lowest BCUT2D eigenvalue weighted by atomic mass is 10.1. The number of nitrogens with zero attached hydrogens (tertiary/aromatic N) is 1. The quantitative estimate of drug-likeness (QED) is 0.291. The fourth-order valence-corrected chi connectivity index (χ4v) is 4.78. The number of benzene rings is 3. The third-order valence-electron chi connectivity index (χ3n) is 5.15. The Balaban J connectivity index is 1.47. The number of thiazole rings is 1. The van der Waals surface area contributed by atoms with Gasteiger partial charge in [-0.05, 0) is 54.8 Å². The molecule has 1 heterocycles. The minimum Gasteiger partial charge on any atom is -0.496 e. The zero-order valence-electron chi connectivity index (χ0n) is 19.3. The van der Waals surface area contributed by atoms with Crippen LogP contribution in [0.4, 0.5) is 5.13 Å². The Morgan fingerprint density at radius 1 is 1.03 bits per heavy atom. The van der Waals surface area contributed by atoms with Gasteiger partial charge in [0.05, 0.1) is 22.9 Å². The second-order valence-electron chi connectivity index (χ2n) is 7.56. The fraction of sp³-hybridized carbons (Fsp3) is 0.192. The van der Waals surface area contributed by atoms with Gasteiger partial charge in [-0.15, -0.1) is 0 Å². The van der Waals surface area contributed by atoms with E-state index in [9.17, 15) is 9.59 Å². The van der Waals surface area contributed by atoms with Crippen LogP contribution in [0.25, 0.3) is 10.2 Å². The first kappa shape index (κ1) is 24.6. The molecule has 2 amide bonds. The molecule has 0 saturated carbocycles. The van der Waals surface area contributed by atoms with E-state index in [4.69, 9.17) is 9.47 Å². The van der Waals surface area contributed by atoms with Crippen LogP contribution in [0.3, 0.4) is 0 Å². The summed E-state index contributed by atoms with van der Waals surface area (Å²) < 4.78 is 12.1. The van der Waals surface area contributed by atoms with Gasteiger partial charge in [-0.1, -0.05) is 41.7 Å². The van der Waals surface area contributed by atoms with Crippen molar-refractivity contribution in [3.63, 3.8) is 0 Å². The number of aromatic nitrogens is 1. The Kier molecular flexibility index (Phi) is 8.23. The van der Waals surface area contributed by atoms with Gasteiger partial charge in [-0.3, -0.25) is 9.59 Å². The normalized spacial score (nSPS) is 11.6. The number of para-hydroxylation sites is 2. The van der Waals surface area contributed by atoms with Gasteiger partial charge in [-0.2, -0.15) is 11.8 Å². The zero-order valence-corrected chi connectivity index (χ0v) is 20.9. The van der Waals surface area contributed by atoms with E-state index in [-0.39, 0.29) is 11.8 Å². The maximum absolute atomic E-state index is 13.1. The molecule has 4 aromatic rings. The topological polar surface area (TPSA) is 89.5 Å². The van der Waals surface area contributed by atoms with Crippen molar-refractivity contribution in [2.24, 2.45) is 0 Å². The maximum atomic E-state index is 13.1. The van der Waals surface area contributed by atoms with E-state index in [2.05, 4.69) is 15.6 Å². The molecule has 9 heteroatoms. The molecule has 0 radical (unpaired) electrons. The van der Waals surface area contributed by atoms with Gasteiger partial charge in [0.15, 0.2) is 5.13 Å². The van der Waals surface area contributed by atoms with E-state index < -0.39 is 6.04 Å². The lowest BCUT2D eigenvalue weighted by Gasteiger charge is -2.18. The number of ether oxygens (including phenoxy) is 2. The van der Waals surface area contributed by atoms with Gasteiger partial charge in [0, 0.05) is 6.07 Å². The van der Waals surface area contributed by atoms with Crippen LogP contribution in [0.15, 0.2) is 72.8 Å². The molecule has 0 saturated heterocycles. The number of anilines is 1. The Bertz CT molecular complexity index is 1310. The number of nitrogens with one attached hydrogen (secondary N) is 2. The Labute approximate surface area is 211 Å². The highest BCUT2D eigenvalue weighted by molar-refractivity contribution is 7.98. The molecule has 1 unspecified atom stereocenters. The average molecular weight is 508 g/mol. The minimum atomic E-state index is -0.719. The van der Waals surface area contributed by atoms with Crippen LogP contribution < -0.4 is 20.1 Å². The van der Waals surface area contributed by atoms with Gasteiger partial charge >= 0.3 is 0 Å². The summed E-state index contributed by atoms with van der Waals surface area (Å²) in [6.07, 6.45) is 2.44. The number of methoxy groups -OCH3 is 1. The number of carbonyl (C=O) groups is 2. The second-order valence-corrected chi connectivity index (χ2v) is 9.58. The summed E-state index contributed by atoms with van der Waals surface area (Å²) in [6.45, 7) is 0. The van der Waals surface area contributed by atoms with Crippen LogP contribution in [-0.4, -0.2) is 42.0 Å². The molecule has 3 aromatic carbocycles. The Hall–Kier alpha value is -3.56. The molecule has 1 aromatic heterocycles. The third-order valence-corrected chi connectivity index (χ3v) is 6.73. The van der Waals surface area contributed by atoms with Gasteiger partial charge < -0.3 is 20.1 Å². The monoisotopic (exact) mass is 507 g/mol. The zero-order chi connectivity index (χ0) is 24.6. The van der Waals surface area contributed by atoms with Crippen molar-refractivity contribution < 1.29 is 19.1 Å². The first-order valence-electron chi connectivity index (χ1n) is 10.9. The predicted octanol–water partition coefficient (Wildman–Crippen LogP) is 5.59. The maximum Gasteiger partial charge on any atom is 0.255 e. The van der Waals surface area contributed by atoms with E-state index in [1.807, 2.05) is 54.8 Å². The van der Waals surface area contributed by atoms with Crippen LogP contribution in [0, 0.1) is 0 Å². The predicted molar refractivity (Wildman–Crippen MR) is 142 cm³/mol. The van der Waals surface area contributed by atoms with E-state index >= 15 is 0 Å². The van der Waals surface area contributed by atoms with Gasteiger partial charge in [0.1, 0.15) is 23.3 Å². The highest BCUT2D eigenvalue weighted by atomic mass is 32.2. The molecule has 0 spiro atoms. The van der Waals surface area contributed by atoms with Crippen molar-refractivity contribution in [2.45, 2.75) is 12.5 Å². The lowest BCUT2D eigenvalue weighted by molar-refractivity contribution is -0.118. The van der Waals surface area contributed by atoms with Crippen LogP contribution in [0.1, 0.15) is 16.8 Å². The number of fused-ring (bicyclic) bond motifs is 1. The van der Waals surface area contributed by atoms with E-state index in [1.165, 1.54) is 18.4 Å². The molecule has 0 aliphatic rings. The lowest BCUT2D eigenvalue weighted by Crippen LogP contribution is -2.44. The molecule has 35 heavy (non-hydrogen) atoms. The number of hydrogen-bond donors (Lipinski definition) is 2. The van der Waals surface area contributed by atoms with Crippen molar-refractivity contribution in [1.82, 2.24) is 10.3 Å². The number of amides is 2. The number of rotatable bonds is 10. The van der Waals surface area contributed by atoms with Crippen LogP contribution in [0.2, 0.25) is 0 Å². The molecule has 0 aliphatic carbocycles. The van der Waals surface area contributed by atoms with Crippen molar-refractivity contribution in [2.75, 3.05) is 24.4 Å². The summed E-state index contributed by atoms with van der Waals surface area (Å²) >= 11 is 2.96. The highest BCUT2D eigenvalue weighted by Crippen LogP contribution is 2.31. The molecule has 0 fully saturated rings. The molecular formula is C26H25N3O4S2. The van der Waals surface area contributed by atoms with Crippen molar-refractivity contribution in [3.05, 3.63) is 78.4 Å². The highest BCUT2D eigenvalue weighted by Gasteiger charge is 2.23. The van der Waals surface area contributed by atoms with Crippen LogP contribution >= 0.6 is 23.1 Å². The van der Waals surface area contributed by atoms with Crippen molar-refractivity contribution in [3.8, 4) is 17.2 Å². The first-order valence-corrected chi connectivity index (χ1v) is 13.2. The SMILES string of the molecule is COc1ccccc1C(=O)NC(CCSC)C(=O)Nc1nc2ccc(Oc3ccccc3)cc2s1. The summed E-state index contributed by atoms with van der Waals surface area (Å²) in [5.41, 5.74) is 1.13. The molecule has 4 rings (SSSR count). The van der Waals surface area contributed by atoms with E-state index in [0.29, 0.717) is 34.4 Å². The summed E-state index contributed by atoms with van der Waals surface area (Å²) in [6, 6.07) is 21.3. The van der Waals surface area contributed by atoms with Gasteiger partial charge in [0.2, 0.25) is 5.91 Å².